The Labute approximate surface area is 321 Å². The Balaban J connectivity index is 1.02. The van der Waals surface area contributed by atoms with E-state index >= 15 is 0 Å². The molecule has 264 valence electrons. The van der Waals surface area contributed by atoms with E-state index in [1.807, 2.05) is 0 Å². The van der Waals surface area contributed by atoms with Gasteiger partial charge >= 0.3 is 0 Å². The molecule has 2 atom stereocenters. The van der Waals surface area contributed by atoms with Crippen molar-refractivity contribution in [2.24, 2.45) is 0 Å². The highest BCUT2D eigenvalue weighted by molar-refractivity contribution is 6.08. The summed E-state index contributed by atoms with van der Waals surface area (Å²) in [6.07, 6.45) is 0. The van der Waals surface area contributed by atoms with Crippen molar-refractivity contribution in [2.45, 2.75) is 50.5 Å². The number of rotatable bonds is 3. The van der Waals surface area contributed by atoms with Crippen LogP contribution < -0.4 is 4.90 Å². The third kappa shape index (κ3) is 4.00. The van der Waals surface area contributed by atoms with Crippen molar-refractivity contribution in [1.29, 1.82) is 0 Å². The van der Waals surface area contributed by atoms with Gasteiger partial charge in [-0.3, -0.25) is 0 Å². The lowest BCUT2D eigenvalue weighted by Crippen LogP contribution is -2.25. The number of anilines is 2. The highest BCUT2D eigenvalue weighted by Gasteiger charge is 2.54. The van der Waals surface area contributed by atoms with Crippen LogP contribution in [0.4, 0.5) is 11.4 Å². The maximum Gasteiger partial charge on any atom is 0.135 e. The monoisotopic (exact) mass is 708 g/mol. The third-order valence-electron chi connectivity index (χ3n) is 13.4. The molecule has 55 heavy (non-hydrogen) atoms. The summed E-state index contributed by atoms with van der Waals surface area (Å²) in [7, 11) is 0. The molecular weight excluding hydrogens is 669 g/mol. The summed E-state index contributed by atoms with van der Waals surface area (Å²) in [4.78, 5) is 2.60. The van der Waals surface area contributed by atoms with Gasteiger partial charge in [0.1, 0.15) is 11.2 Å². The van der Waals surface area contributed by atoms with Crippen LogP contribution >= 0.6 is 0 Å². The minimum absolute atomic E-state index is 0.0226. The van der Waals surface area contributed by atoms with Crippen molar-refractivity contribution in [2.75, 3.05) is 4.90 Å². The molecule has 0 radical (unpaired) electrons. The van der Waals surface area contributed by atoms with E-state index in [0.29, 0.717) is 5.92 Å². The van der Waals surface area contributed by atoms with E-state index in [-0.39, 0.29) is 16.9 Å². The zero-order valence-electron chi connectivity index (χ0n) is 31.5. The van der Waals surface area contributed by atoms with Crippen molar-refractivity contribution < 1.29 is 4.42 Å². The summed E-state index contributed by atoms with van der Waals surface area (Å²) < 4.78 is 9.00. The fourth-order valence-corrected chi connectivity index (χ4v) is 11.0. The van der Waals surface area contributed by atoms with Gasteiger partial charge in [-0.05, 0) is 105 Å². The number of aromatic nitrogens is 1. The molecule has 12 rings (SSSR count). The average Bonchev–Trinajstić information content (AvgIpc) is 3.97. The Morgan fingerprint density at radius 1 is 0.527 bits per heavy atom. The van der Waals surface area contributed by atoms with Gasteiger partial charge in [0.05, 0.1) is 17.3 Å². The van der Waals surface area contributed by atoms with Gasteiger partial charge in [-0.25, -0.2) is 0 Å². The molecule has 3 heterocycles. The minimum Gasteiger partial charge on any atom is -0.456 e. The molecule has 0 saturated heterocycles. The molecule has 2 unspecified atom stereocenters. The molecule has 0 saturated carbocycles. The summed E-state index contributed by atoms with van der Waals surface area (Å²) in [6, 6.07) is 58.7. The van der Waals surface area contributed by atoms with E-state index in [1.54, 1.807) is 0 Å². The van der Waals surface area contributed by atoms with E-state index in [0.717, 1.165) is 21.9 Å². The molecule has 2 aliphatic carbocycles. The molecule has 3 nitrogen and oxygen atoms in total. The fourth-order valence-electron chi connectivity index (χ4n) is 11.0. The Hall–Kier alpha value is -6.32. The SMILES string of the molecule is CC1(C)c2ccccc2-c2c1c1cc(-c3ccc4oc5ccc(N6c7ccccc7C7C6c6ccccc6C7(C)C)cc5c4c3)ccc1n2-c1ccccc1. The van der Waals surface area contributed by atoms with Crippen LogP contribution in [0.3, 0.4) is 0 Å². The summed E-state index contributed by atoms with van der Waals surface area (Å²) in [5, 5.41) is 3.60. The number of hydrogen-bond acceptors (Lipinski definition) is 2. The Kier molecular flexibility index (Phi) is 6.03. The number of furan rings is 1. The van der Waals surface area contributed by atoms with E-state index in [2.05, 4.69) is 195 Å². The first kappa shape index (κ1) is 31.1. The second-order valence-electron chi connectivity index (χ2n) is 17.0. The molecule has 3 heteroatoms. The number of benzene rings is 7. The number of fused-ring (bicyclic) bond motifs is 13. The van der Waals surface area contributed by atoms with Crippen LogP contribution in [-0.4, -0.2) is 4.57 Å². The molecule has 0 fully saturated rings. The molecule has 0 amide bonds. The first-order valence-electron chi connectivity index (χ1n) is 19.6. The Bertz CT molecular complexity index is 3070. The van der Waals surface area contributed by atoms with Gasteiger partial charge in [-0.1, -0.05) is 125 Å². The maximum atomic E-state index is 6.53. The van der Waals surface area contributed by atoms with Gasteiger partial charge in [-0.15, -0.1) is 0 Å². The lowest BCUT2D eigenvalue weighted by atomic mass is 9.75. The minimum atomic E-state index is -0.133. The molecule has 0 bridgehead atoms. The van der Waals surface area contributed by atoms with Crippen molar-refractivity contribution in [3.8, 4) is 28.1 Å². The van der Waals surface area contributed by atoms with E-state index in [1.165, 1.54) is 78.2 Å². The molecule has 7 aromatic carbocycles. The van der Waals surface area contributed by atoms with Crippen LogP contribution in [0.2, 0.25) is 0 Å². The molecule has 3 aliphatic rings. The molecule has 0 N–H and O–H groups in total. The predicted octanol–water partition coefficient (Wildman–Crippen LogP) is 13.8. The van der Waals surface area contributed by atoms with Crippen molar-refractivity contribution in [3.63, 3.8) is 0 Å². The van der Waals surface area contributed by atoms with E-state index in [9.17, 15) is 0 Å². The van der Waals surface area contributed by atoms with E-state index < -0.39 is 0 Å². The zero-order chi connectivity index (χ0) is 36.8. The van der Waals surface area contributed by atoms with Crippen molar-refractivity contribution in [1.82, 2.24) is 4.57 Å². The number of nitrogens with zero attached hydrogens (tertiary/aromatic N) is 2. The van der Waals surface area contributed by atoms with Crippen LogP contribution in [0.15, 0.2) is 162 Å². The van der Waals surface area contributed by atoms with Crippen LogP contribution in [0.25, 0.3) is 60.9 Å². The topological polar surface area (TPSA) is 21.3 Å². The standard InChI is InChI=1S/C52H40N2O/c1-51(2)41-19-11-8-16-35(41)49-47(51)37-18-10-13-21-43(37)54(49)34-24-27-46-39(30-34)38-28-32(23-26-45(38)55-46)31-22-25-44-40(29-31)48-50(53(44)33-14-6-5-7-15-33)36-17-9-12-20-42(36)52(48,3)4/h5-30,47,49H,1-4H3. The normalized spacial score (nSPS) is 18.4. The zero-order valence-corrected chi connectivity index (χ0v) is 31.5. The van der Waals surface area contributed by atoms with Gasteiger partial charge < -0.3 is 13.9 Å². The van der Waals surface area contributed by atoms with Gasteiger partial charge in [0.15, 0.2) is 0 Å². The highest BCUT2D eigenvalue weighted by atomic mass is 16.3. The quantitative estimate of drug-likeness (QED) is 0.182. The van der Waals surface area contributed by atoms with Gasteiger partial charge in [0.25, 0.3) is 0 Å². The van der Waals surface area contributed by atoms with Gasteiger partial charge in [0.2, 0.25) is 0 Å². The van der Waals surface area contributed by atoms with Crippen molar-refractivity contribution >= 4 is 44.2 Å². The number of hydrogen-bond donors (Lipinski definition) is 0. The molecule has 1 aliphatic heterocycles. The van der Waals surface area contributed by atoms with Gasteiger partial charge in [0, 0.05) is 50.1 Å². The van der Waals surface area contributed by atoms with Crippen molar-refractivity contribution in [3.05, 3.63) is 186 Å². The summed E-state index contributed by atoms with van der Waals surface area (Å²) in [5.74, 6) is 0.371. The Morgan fingerprint density at radius 3 is 1.98 bits per heavy atom. The second-order valence-corrected chi connectivity index (χ2v) is 17.0. The Morgan fingerprint density at radius 2 is 1.16 bits per heavy atom. The van der Waals surface area contributed by atoms with Crippen LogP contribution in [-0.2, 0) is 10.8 Å². The maximum absolute atomic E-state index is 6.53. The lowest BCUT2D eigenvalue weighted by Gasteiger charge is -2.30. The molecule has 0 spiro atoms. The van der Waals surface area contributed by atoms with Crippen LogP contribution in [0, 0.1) is 0 Å². The van der Waals surface area contributed by atoms with Crippen LogP contribution in [0.5, 0.6) is 0 Å². The number of para-hydroxylation sites is 2. The fraction of sp³-hybridized carbons (Fsp3) is 0.154. The largest absolute Gasteiger partial charge is 0.456 e. The smallest absolute Gasteiger partial charge is 0.135 e. The summed E-state index contributed by atoms with van der Waals surface area (Å²) in [6.45, 7) is 9.61. The summed E-state index contributed by atoms with van der Waals surface area (Å²) in [5.41, 5.74) is 18.8. The third-order valence-corrected chi connectivity index (χ3v) is 13.4. The highest BCUT2D eigenvalue weighted by Crippen LogP contribution is 2.65. The van der Waals surface area contributed by atoms with Gasteiger partial charge in [-0.2, -0.15) is 0 Å². The first-order valence-corrected chi connectivity index (χ1v) is 19.6. The lowest BCUT2D eigenvalue weighted by molar-refractivity contribution is 0.420. The molecule has 2 aromatic heterocycles. The second kappa shape index (κ2) is 10.7. The van der Waals surface area contributed by atoms with Crippen LogP contribution in [0.1, 0.15) is 67.5 Å². The van der Waals surface area contributed by atoms with E-state index in [4.69, 9.17) is 4.42 Å². The predicted molar refractivity (Wildman–Crippen MR) is 227 cm³/mol. The molecule has 9 aromatic rings. The molecular formula is C52H40N2O. The summed E-state index contributed by atoms with van der Waals surface area (Å²) >= 11 is 0. The average molecular weight is 709 g/mol. The first-order chi connectivity index (χ1) is 26.8.